The van der Waals surface area contributed by atoms with Crippen LogP contribution >= 0.6 is 0 Å². The maximum absolute atomic E-state index is 9.72. The van der Waals surface area contributed by atoms with Crippen molar-refractivity contribution in [3.63, 3.8) is 0 Å². The molecule has 7 rings (SSSR count). The molecule has 3 heteroatoms. The second-order valence-corrected chi connectivity index (χ2v) is 11.2. The largest absolute Gasteiger partial charge is 0.309 e. The molecule has 6 aromatic rings. The van der Waals surface area contributed by atoms with E-state index in [1.54, 1.807) is 6.07 Å². The molecule has 0 saturated carbocycles. The molecule has 0 bridgehead atoms. The molecule has 0 N–H and O–H groups in total. The fourth-order valence-electron chi connectivity index (χ4n) is 6.52. The maximum atomic E-state index is 9.72. The van der Waals surface area contributed by atoms with Crippen molar-refractivity contribution < 1.29 is 0 Å². The van der Waals surface area contributed by atoms with Crippen molar-refractivity contribution in [2.45, 2.75) is 19.3 Å². The van der Waals surface area contributed by atoms with E-state index >= 15 is 0 Å². The Labute approximate surface area is 246 Å². The van der Waals surface area contributed by atoms with Gasteiger partial charge in [-0.3, -0.25) is 0 Å². The SMILES string of the molecule is [C-]#[N+]c1cc(C#N)cc(-c2cccc3cccc(-c4cccc5c4N(c4ccccc4)c4ccccc4C5(C)C)c23)c1. The summed E-state index contributed by atoms with van der Waals surface area (Å²) >= 11 is 0. The fraction of sp³-hybridized carbons (Fsp3) is 0.0769. The van der Waals surface area contributed by atoms with Gasteiger partial charge in [0.05, 0.1) is 24.0 Å². The van der Waals surface area contributed by atoms with Crippen LogP contribution in [0.25, 0.3) is 37.9 Å². The first-order chi connectivity index (χ1) is 20.5. The lowest BCUT2D eigenvalue weighted by atomic mass is 9.72. The third-order valence-corrected chi connectivity index (χ3v) is 8.45. The highest BCUT2D eigenvalue weighted by Gasteiger charge is 2.38. The van der Waals surface area contributed by atoms with E-state index in [4.69, 9.17) is 6.57 Å². The number of fused-ring (bicyclic) bond motifs is 3. The van der Waals surface area contributed by atoms with Crippen LogP contribution in [0.15, 0.2) is 127 Å². The Hall–Kier alpha value is -5.64. The molecule has 1 heterocycles. The average molecular weight is 538 g/mol. The lowest BCUT2D eigenvalue weighted by Crippen LogP contribution is -2.31. The highest BCUT2D eigenvalue weighted by atomic mass is 15.2. The molecule has 0 radical (unpaired) electrons. The minimum atomic E-state index is -0.216. The van der Waals surface area contributed by atoms with Crippen LogP contribution < -0.4 is 4.90 Å². The fourth-order valence-corrected chi connectivity index (χ4v) is 6.52. The van der Waals surface area contributed by atoms with Gasteiger partial charge in [0.2, 0.25) is 0 Å². The zero-order valence-corrected chi connectivity index (χ0v) is 23.5. The quantitative estimate of drug-likeness (QED) is 0.210. The van der Waals surface area contributed by atoms with E-state index in [1.807, 2.05) is 18.2 Å². The summed E-state index contributed by atoms with van der Waals surface area (Å²) in [5, 5.41) is 11.9. The summed E-state index contributed by atoms with van der Waals surface area (Å²) in [6.45, 7) is 12.2. The Balaban J connectivity index is 1.58. The van der Waals surface area contributed by atoms with Crippen molar-refractivity contribution in [3.8, 4) is 28.3 Å². The molecule has 3 nitrogen and oxygen atoms in total. The summed E-state index contributed by atoms with van der Waals surface area (Å²) in [6, 6.07) is 46.3. The standard InChI is InChI=1S/C39H27N3/c1-39(2)34-19-7-8-21-36(34)42(30-14-5-4-6-15-30)38-33(18-11-20-35(38)39)32-17-10-13-27-12-9-16-31(37(27)32)28-22-26(25-40)23-29(24-28)41-3/h4-24H,1-2H3. The summed E-state index contributed by atoms with van der Waals surface area (Å²) in [6.07, 6.45) is 0. The number of para-hydroxylation sites is 3. The van der Waals surface area contributed by atoms with Crippen molar-refractivity contribution in [3.05, 3.63) is 156 Å². The molecule has 0 spiro atoms. The van der Waals surface area contributed by atoms with Crippen LogP contribution in [0.5, 0.6) is 0 Å². The van der Waals surface area contributed by atoms with E-state index in [1.165, 1.54) is 22.5 Å². The molecule has 1 aliphatic heterocycles. The van der Waals surface area contributed by atoms with E-state index < -0.39 is 0 Å². The molecule has 42 heavy (non-hydrogen) atoms. The molecule has 0 amide bonds. The second kappa shape index (κ2) is 9.77. The molecular weight excluding hydrogens is 510 g/mol. The molecular formula is C39H27N3. The molecule has 0 aromatic heterocycles. The predicted octanol–water partition coefficient (Wildman–Crippen LogP) is 10.7. The number of rotatable bonds is 3. The molecule has 0 aliphatic carbocycles. The maximum Gasteiger partial charge on any atom is 0.189 e. The first kappa shape index (κ1) is 25.3. The summed E-state index contributed by atoms with van der Waals surface area (Å²) in [7, 11) is 0. The first-order valence-corrected chi connectivity index (χ1v) is 14.0. The Morgan fingerprint density at radius 3 is 2.12 bits per heavy atom. The lowest BCUT2D eigenvalue weighted by molar-refractivity contribution is 0.632. The highest BCUT2D eigenvalue weighted by Crippen LogP contribution is 2.55. The van der Waals surface area contributed by atoms with E-state index in [-0.39, 0.29) is 5.41 Å². The zero-order chi connectivity index (χ0) is 28.8. The summed E-state index contributed by atoms with van der Waals surface area (Å²) in [4.78, 5) is 6.06. The van der Waals surface area contributed by atoms with Gasteiger partial charge < -0.3 is 4.90 Å². The minimum absolute atomic E-state index is 0.216. The Morgan fingerprint density at radius 1 is 0.690 bits per heavy atom. The number of benzene rings is 6. The highest BCUT2D eigenvalue weighted by molar-refractivity contribution is 6.10. The van der Waals surface area contributed by atoms with Crippen LogP contribution in [0, 0.1) is 17.9 Å². The normalized spacial score (nSPS) is 13.1. The van der Waals surface area contributed by atoms with Gasteiger partial charge in [0.25, 0.3) is 0 Å². The van der Waals surface area contributed by atoms with Crippen molar-refractivity contribution in [1.82, 2.24) is 0 Å². The Morgan fingerprint density at radius 2 is 1.36 bits per heavy atom. The van der Waals surface area contributed by atoms with Gasteiger partial charge in [0.15, 0.2) is 5.69 Å². The number of nitriles is 1. The van der Waals surface area contributed by atoms with Crippen LogP contribution in [0.4, 0.5) is 22.7 Å². The van der Waals surface area contributed by atoms with Crippen LogP contribution in [-0.2, 0) is 5.41 Å². The van der Waals surface area contributed by atoms with E-state index in [0.29, 0.717) is 11.3 Å². The van der Waals surface area contributed by atoms with Gasteiger partial charge >= 0.3 is 0 Å². The van der Waals surface area contributed by atoms with Gasteiger partial charge in [0.1, 0.15) is 0 Å². The molecule has 0 atom stereocenters. The van der Waals surface area contributed by atoms with Crippen LogP contribution in [0.3, 0.4) is 0 Å². The Bertz CT molecular complexity index is 2050. The second-order valence-electron chi connectivity index (χ2n) is 11.2. The molecule has 0 unspecified atom stereocenters. The van der Waals surface area contributed by atoms with Crippen molar-refractivity contribution in [2.75, 3.05) is 4.90 Å². The van der Waals surface area contributed by atoms with E-state index in [9.17, 15) is 5.26 Å². The Kier molecular flexibility index (Phi) is 5.89. The third-order valence-electron chi connectivity index (χ3n) is 8.45. The summed E-state index contributed by atoms with van der Waals surface area (Å²) in [5.74, 6) is 0. The predicted molar refractivity (Wildman–Crippen MR) is 173 cm³/mol. The number of nitrogens with zero attached hydrogens (tertiary/aromatic N) is 3. The van der Waals surface area contributed by atoms with Gasteiger partial charge in [-0.1, -0.05) is 105 Å². The molecule has 1 aliphatic rings. The molecule has 6 aromatic carbocycles. The summed E-state index contributed by atoms with van der Waals surface area (Å²) in [5.41, 5.74) is 10.9. The van der Waals surface area contributed by atoms with E-state index in [2.05, 4.69) is 133 Å². The average Bonchev–Trinajstić information content (AvgIpc) is 3.04. The number of anilines is 3. The van der Waals surface area contributed by atoms with Gasteiger partial charge in [-0.2, -0.15) is 5.26 Å². The molecule has 198 valence electrons. The van der Waals surface area contributed by atoms with Crippen LogP contribution in [0.2, 0.25) is 0 Å². The van der Waals surface area contributed by atoms with Gasteiger partial charge in [0, 0.05) is 22.2 Å². The van der Waals surface area contributed by atoms with Gasteiger partial charge in [-0.25, -0.2) is 4.85 Å². The van der Waals surface area contributed by atoms with E-state index in [0.717, 1.165) is 38.7 Å². The minimum Gasteiger partial charge on any atom is -0.309 e. The van der Waals surface area contributed by atoms with Crippen molar-refractivity contribution in [2.24, 2.45) is 0 Å². The zero-order valence-electron chi connectivity index (χ0n) is 23.5. The van der Waals surface area contributed by atoms with Crippen molar-refractivity contribution in [1.29, 1.82) is 5.26 Å². The molecule has 0 saturated heterocycles. The van der Waals surface area contributed by atoms with Crippen molar-refractivity contribution >= 4 is 33.5 Å². The number of hydrogen-bond donors (Lipinski definition) is 0. The van der Waals surface area contributed by atoms with Crippen LogP contribution in [-0.4, -0.2) is 0 Å². The smallest absolute Gasteiger partial charge is 0.189 e. The molecule has 0 fully saturated rings. The summed E-state index contributed by atoms with van der Waals surface area (Å²) < 4.78 is 0. The lowest BCUT2D eigenvalue weighted by Gasteiger charge is -2.43. The van der Waals surface area contributed by atoms with Gasteiger partial charge in [-0.15, -0.1) is 0 Å². The third kappa shape index (κ3) is 3.87. The van der Waals surface area contributed by atoms with Crippen LogP contribution in [0.1, 0.15) is 30.5 Å². The number of hydrogen-bond acceptors (Lipinski definition) is 2. The first-order valence-electron chi connectivity index (χ1n) is 14.0. The monoisotopic (exact) mass is 537 g/mol. The topological polar surface area (TPSA) is 31.4 Å². The van der Waals surface area contributed by atoms with Gasteiger partial charge in [-0.05, 0) is 75.0 Å².